The number of hydrogen-bond acceptors (Lipinski definition) is 1. The van der Waals surface area contributed by atoms with Crippen molar-refractivity contribution < 1.29 is 0 Å². The van der Waals surface area contributed by atoms with Gasteiger partial charge in [-0.2, -0.15) is 0 Å². The van der Waals surface area contributed by atoms with E-state index in [1.807, 2.05) is 18.2 Å². The van der Waals surface area contributed by atoms with Gasteiger partial charge in [0.25, 0.3) is 0 Å². The molecule has 1 aliphatic heterocycles. The molecule has 0 aromatic heterocycles. The van der Waals surface area contributed by atoms with Crippen molar-refractivity contribution in [3.63, 3.8) is 0 Å². The molecule has 1 nitrogen and oxygen atoms in total. The van der Waals surface area contributed by atoms with E-state index in [0.29, 0.717) is 5.60 Å². The summed E-state index contributed by atoms with van der Waals surface area (Å²) in [5, 5.41) is 2.84. The minimum Gasteiger partial charge on any atom is -0.375 e. The molecule has 0 spiro atoms. The van der Waals surface area contributed by atoms with Gasteiger partial charge in [-0.05, 0) is 17.9 Å². The molecule has 0 saturated carbocycles. The highest BCUT2D eigenvalue weighted by molar-refractivity contribution is 6.21. The van der Waals surface area contributed by atoms with Crippen LogP contribution in [0.5, 0.6) is 0 Å². The zero-order valence-corrected chi connectivity index (χ0v) is 4.46. The molecule has 0 amide bonds. The van der Waals surface area contributed by atoms with E-state index < -0.39 is 0 Å². The van der Waals surface area contributed by atoms with Crippen LogP contribution in [0.4, 0.5) is 0 Å². The number of allylic oxidation sites excluding steroid dienone is 4. The summed E-state index contributed by atoms with van der Waals surface area (Å²) in [7, 11) is 5.38. The standard InChI is InChI=1S/C6H6BN/c7-6-4-2-1-3-5-8-6/h1-5,8H. The lowest BCUT2D eigenvalue weighted by atomic mass is 10.0. The van der Waals surface area contributed by atoms with Crippen LogP contribution >= 0.6 is 0 Å². The van der Waals surface area contributed by atoms with Crippen LogP contribution in [0.2, 0.25) is 0 Å². The highest BCUT2D eigenvalue weighted by atomic mass is 14.8. The molecule has 0 aliphatic carbocycles. The van der Waals surface area contributed by atoms with E-state index in [-0.39, 0.29) is 0 Å². The van der Waals surface area contributed by atoms with Gasteiger partial charge >= 0.3 is 0 Å². The molecule has 0 saturated heterocycles. The first-order chi connectivity index (χ1) is 3.89. The van der Waals surface area contributed by atoms with Crippen LogP contribution in [0, 0.1) is 0 Å². The third kappa shape index (κ3) is 1.30. The van der Waals surface area contributed by atoms with Crippen molar-refractivity contribution in [2.24, 2.45) is 0 Å². The summed E-state index contributed by atoms with van der Waals surface area (Å²) in [6.07, 6.45) is 9.27. The maximum atomic E-state index is 5.38. The summed E-state index contributed by atoms with van der Waals surface area (Å²) in [5.74, 6) is 0. The Bertz CT molecular complexity index is 156. The molecule has 0 unspecified atom stereocenters. The highest BCUT2D eigenvalue weighted by Crippen LogP contribution is 1.88. The van der Waals surface area contributed by atoms with Crippen LogP contribution in [0.15, 0.2) is 36.1 Å². The van der Waals surface area contributed by atoms with Crippen molar-refractivity contribution in [1.82, 2.24) is 5.32 Å². The van der Waals surface area contributed by atoms with Gasteiger partial charge in [0.05, 0.1) is 0 Å². The van der Waals surface area contributed by atoms with Gasteiger partial charge in [0, 0.05) is 0 Å². The Labute approximate surface area is 50.2 Å². The Hall–Kier alpha value is -0.915. The van der Waals surface area contributed by atoms with Crippen molar-refractivity contribution in [3.05, 3.63) is 36.1 Å². The minimum absolute atomic E-state index is 0.676. The van der Waals surface area contributed by atoms with Crippen LogP contribution in [-0.4, -0.2) is 7.85 Å². The molecule has 1 aliphatic rings. The first-order valence-electron chi connectivity index (χ1n) is 2.45. The Kier molecular flexibility index (Phi) is 1.57. The van der Waals surface area contributed by atoms with Gasteiger partial charge in [-0.15, -0.1) is 0 Å². The van der Waals surface area contributed by atoms with Crippen LogP contribution < -0.4 is 5.32 Å². The Morgan fingerprint density at radius 1 is 1.25 bits per heavy atom. The normalized spacial score (nSPS) is 16.8. The van der Waals surface area contributed by atoms with Crippen molar-refractivity contribution in [1.29, 1.82) is 0 Å². The molecule has 1 rings (SSSR count). The van der Waals surface area contributed by atoms with Gasteiger partial charge < -0.3 is 5.32 Å². The van der Waals surface area contributed by atoms with E-state index in [2.05, 4.69) is 5.32 Å². The van der Waals surface area contributed by atoms with Crippen molar-refractivity contribution in [2.75, 3.05) is 0 Å². The second-order valence-electron chi connectivity index (χ2n) is 1.51. The predicted molar refractivity (Wildman–Crippen MR) is 35.3 cm³/mol. The molecule has 2 radical (unpaired) electrons. The molecule has 0 bridgehead atoms. The average Bonchev–Trinajstić information content (AvgIpc) is 1.94. The summed E-state index contributed by atoms with van der Waals surface area (Å²) in [4.78, 5) is 0. The van der Waals surface area contributed by atoms with Crippen molar-refractivity contribution in [2.45, 2.75) is 0 Å². The van der Waals surface area contributed by atoms with E-state index >= 15 is 0 Å². The monoisotopic (exact) mass is 103 g/mol. The van der Waals surface area contributed by atoms with Gasteiger partial charge in [-0.1, -0.05) is 18.2 Å². The summed E-state index contributed by atoms with van der Waals surface area (Å²) < 4.78 is 0. The Morgan fingerprint density at radius 2 is 2.12 bits per heavy atom. The quantitative estimate of drug-likeness (QED) is 0.444. The van der Waals surface area contributed by atoms with E-state index in [1.165, 1.54) is 0 Å². The number of hydrogen-bond donors (Lipinski definition) is 1. The lowest BCUT2D eigenvalue weighted by Crippen LogP contribution is -2.02. The van der Waals surface area contributed by atoms with E-state index in [0.717, 1.165) is 0 Å². The fourth-order valence-electron chi connectivity index (χ4n) is 0.471. The van der Waals surface area contributed by atoms with Gasteiger partial charge in [0.15, 0.2) is 0 Å². The van der Waals surface area contributed by atoms with Gasteiger partial charge in [0.2, 0.25) is 0 Å². The molecular weight excluding hydrogens is 96.9 g/mol. The summed E-state index contributed by atoms with van der Waals surface area (Å²) in [6, 6.07) is 0. The summed E-state index contributed by atoms with van der Waals surface area (Å²) in [5.41, 5.74) is 0.676. The van der Waals surface area contributed by atoms with E-state index in [4.69, 9.17) is 7.85 Å². The van der Waals surface area contributed by atoms with Crippen molar-refractivity contribution in [3.8, 4) is 0 Å². The van der Waals surface area contributed by atoms with E-state index in [1.54, 1.807) is 12.3 Å². The Morgan fingerprint density at radius 3 is 3.00 bits per heavy atom. The molecule has 38 valence electrons. The number of rotatable bonds is 0. The van der Waals surface area contributed by atoms with Crippen LogP contribution in [-0.2, 0) is 0 Å². The third-order valence-corrected chi connectivity index (χ3v) is 0.844. The second kappa shape index (κ2) is 2.41. The van der Waals surface area contributed by atoms with Crippen LogP contribution in [0.1, 0.15) is 0 Å². The first-order valence-corrected chi connectivity index (χ1v) is 2.45. The molecule has 0 aromatic rings. The molecule has 0 aromatic carbocycles. The fraction of sp³-hybridized carbons (Fsp3) is 0. The first kappa shape index (κ1) is 5.23. The maximum absolute atomic E-state index is 5.38. The predicted octanol–water partition coefficient (Wildman–Crippen LogP) is 0.669. The van der Waals surface area contributed by atoms with E-state index in [9.17, 15) is 0 Å². The number of nitrogens with one attached hydrogen (secondary N) is 1. The average molecular weight is 103 g/mol. The fourth-order valence-corrected chi connectivity index (χ4v) is 0.471. The molecule has 1 heterocycles. The molecule has 8 heavy (non-hydrogen) atoms. The molecule has 2 heteroatoms. The minimum atomic E-state index is 0.676. The van der Waals surface area contributed by atoms with Gasteiger partial charge in [0.1, 0.15) is 7.85 Å². The lowest BCUT2D eigenvalue weighted by molar-refractivity contribution is 1.17. The van der Waals surface area contributed by atoms with Gasteiger partial charge in [-0.3, -0.25) is 0 Å². The zero-order chi connectivity index (χ0) is 5.82. The SMILES string of the molecule is [B]C1=CC=CC=CN1. The van der Waals surface area contributed by atoms with Crippen LogP contribution in [0.25, 0.3) is 0 Å². The van der Waals surface area contributed by atoms with Gasteiger partial charge in [-0.25, -0.2) is 0 Å². The maximum Gasteiger partial charge on any atom is 0.138 e. The third-order valence-electron chi connectivity index (χ3n) is 0.844. The molecule has 1 N–H and O–H groups in total. The van der Waals surface area contributed by atoms with Crippen LogP contribution in [0.3, 0.4) is 0 Å². The Balaban J connectivity index is 2.69. The molecular formula is C6H6BN. The highest BCUT2D eigenvalue weighted by Gasteiger charge is 1.80. The smallest absolute Gasteiger partial charge is 0.138 e. The molecule has 0 atom stereocenters. The second-order valence-corrected chi connectivity index (χ2v) is 1.51. The molecule has 0 fully saturated rings. The van der Waals surface area contributed by atoms with Crippen molar-refractivity contribution >= 4 is 7.85 Å². The largest absolute Gasteiger partial charge is 0.375 e. The summed E-state index contributed by atoms with van der Waals surface area (Å²) >= 11 is 0. The lowest BCUT2D eigenvalue weighted by Gasteiger charge is -1.93. The zero-order valence-electron chi connectivity index (χ0n) is 4.46. The topological polar surface area (TPSA) is 12.0 Å². The summed E-state index contributed by atoms with van der Waals surface area (Å²) in [6.45, 7) is 0.